The van der Waals surface area contributed by atoms with E-state index in [0.717, 1.165) is 29.5 Å². The van der Waals surface area contributed by atoms with Gasteiger partial charge in [0.1, 0.15) is 11.1 Å². The second-order valence-electron chi connectivity index (χ2n) is 6.27. The quantitative estimate of drug-likeness (QED) is 0.903. The van der Waals surface area contributed by atoms with Crippen LogP contribution in [0.25, 0.3) is 10.2 Å². The number of hydrogen-bond acceptors (Lipinski definition) is 5. The standard InChI is InChI=1S/C17H22N2O3S/c1-11-5-4-9-19(10-8-11)17(22)15(21)14(20)16-18-12-6-2-3-7-13(12)23-16/h2-3,6-7,11,14-15,20-21H,4-5,8-10H2,1H3. The Morgan fingerprint density at radius 2 is 2.09 bits per heavy atom. The van der Waals surface area contributed by atoms with E-state index in [0.29, 0.717) is 24.0 Å². The zero-order chi connectivity index (χ0) is 16.4. The molecule has 0 aliphatic carbocycles. The number of nitrogens with zero attached hydrogens (tertiary/aromatic N) is 2. The SMILES string of the molecule is CC1CCCN(C(=O)C(O)C(O)c2nc3ccccc3s2)CC1. The fourth-order valence-electron chi connectivity index (χ4n) is 2.96. The third-order valence-corrected chi connectivity index (χ3v) is 5.55. The highest BCUT2D eigenvalue weighted by atomic mass is 32.1. The predicted octanol–water partition coefficient (Wildman–Crippen LogP) is 2.34. The number of thiazole rings is 1. The molecule has 0 bridgehead atoms. The molecule has 2 N–H and O–H groups in total. The van der Waals surface area contributed by atoms with Crippen molar-refractivity contribution in [2.24, 2.45) is 5.92 Å². The Balaban J connectivity index is 1.73. The van der Waals surface area contributed by atoms with Gasteiger partial charge in [-0.25, -0.2) is 4.98 Å². The van der Waals surface area contributed by atoms with Gasteiger partial charge in [0.25, 0.3) is 5.91 Å². The van der Waals surface area contributed by atoms with Crippen LogP contribution in [0.2, 0.25) is 0 Å². The number of benzene rings is 1. The maximum Gasteiger partial charge on any atom is 0.254 e. The number of amides is 1. The van der Waals surface area contributed by atoms with Crippen molar-refractivity contribution in [3.8, 4) is 0 Å². The van der Waals surface area contributed by atoms with E-state index in [1.54, 1.807) is 4.90 Å². The van der Waals surface area contributed by atoms with E-state index < -0.39 is 18.1 Å². The van der Waals surface area contributed by atoms with Crippen molar-refractivity contribution >= 4 is 27.5 Å². The molecule has 1 aliphatic heterocycles. The number of carbonyl (C=O) groups is 1. The van der Waals surface area contributed by atoms with Crippen LogP contribution in [0.5, 0.6) is 0 Å². The number of fused-ring (bicyclic) bond motifs is 1. The second-order valence-corrected chi connectivity index (χ2v) is 7.33. The average molecular weight is 334 g/mol. The summed E-state index contributed by atoms with van der Waals surface area (Å²) in [6, 6.07) is 7.54. The zero-order valence-electron chi connectivity index (χ0n) is 13.2. The van der Waals surface area contributed by atoms with Gasteiger partial charge in [-0.1, -0.05) is 19.1 Å². The Morgan fingerprint density at radius 1 is 1.30 bits per heavy atom. The van der Waals surface area contributed by atoms with Crippen LogP contribution in [-0.2, 0) is 4.79 Å². The summed E-state index contributed by atoms with van der Waals surface area (Å²) in [6.07, 6.45) is 0.247. The fourth-order valence-corrected chi connectivity index (χ4v) is 3.94. The molecule has 1 aromatic heterocycles. The minimum atomic E-state index is -1.45. The number of para-hydroxylation sites is 1. The van der Waals surface area contributed by atoms with Gasteiger partial charge in [-0.05, 0) is 37.3 Å². The summed E-state index contributed by atoms with van der Waals surface area (Å²) in [5.41, 5.74) is 0.773. The Labute approximate surface area is 139 Å². The summed E-state index contributed by atoms with van der Waals surface area (Å²) in [7, 11) is 0. The lowest BCUT2D eigenvalue weighted by atomic mass is 10.0. The number of aliphatic hydroxyl groups excluding tert-OH is 2. The zero-order valence-corrected chi connectivity index (χ0v) is 14.0. The largest absolute Gasteiger partial charge is 0.383 e. The molecule has 1 aromatic carbocycles. The normalized spacial score (nSPS) is 21.9. The second kappa shape index (κ2) is 6.95. The maximum atomic E-state index is 12.5. The number of aromatic nitrogens is 1. The molecule has 23 heavy (non-hydrogen) atoms. The van der Waals surface area contributed by atoms with Crippen LogP contribution in [0, 0.1) is 5.92 Å². The van der Waals surface area contributed by atoms with Gasteiger partial charge < -0.3 is 15.1 Å². The summed E-state index contributed by atoms with van der Waals surface area (Å²) in [4.78, 5) is 18.5. The molecular weight excluding hydrogens is 312 g/mol. The molecule has 6 heteroatoms. The number of hydrogen-bond donors (Lipinski definition) is 2. The van der Waals surface area contributed by atoms with Crippen molar-refractivity contribution in [3.05, 3.63) is 29.3 Å². The van der Waals surface area contributed by atoms with Crippen LogP contribution in [0.1, 0.15) is 37.3 Å². The highest BCUT2D eigenvalue weighted by molar-refractivity contribution is 7.18. The number of rotatable bonds is 3. The first kappa shape index (κ1) is 16.4. The number of carbonyl (C=O) groups excluding carboxylic acids is 1. The van der Waals surface area contributed by atoms with Gasteiger partial charge in [-0.3, -0.25) is 4.79 Å². The van der Waals surface area contributed by atoms with Gasteiger partial charge in [0.05, 0.1) is 10.2 Å². The minimum Gasteiger partial charge on any atom is -0.383 e. The smallest absolute Gasteiger partial charge is 0.254 e. The van der Waals surface area contributed by atoms with Gasteiger partial charge >= 0.3 is 0 Å². The van der Waals surface area contributed by atoms with Gasteiger partial charge in [0, 0.05) is 13.1 Å². The minimum absolute atomic E-state index is 0.384. The molecule has 5 nitrogen and oxygen atoms in total. The van der Waals surface area contributed by atoms with Crippen LogP contribution >= 0.6 is 11.3 Å². The van der Waals surface area contributed by atoms with Crippen molar-refractivity contribution < 1.29 is 15.0 Å². The van der Waals surface area contributed by atoms with E-state index >= 15 is 0 Å². The lowest BCUT2D eigenvalue weighted by molar-refractivity contribution is -0.146. The number of aliphatic hydroxyl groups is 2. The first-order valence-electron chi connectivity index (χ1n) is 8.06. The molecule has 3 unspecified atom stereocenters. The van der Waals surface area contributed by atoms with E-state index in [4.69, 9.17) is 0 Å². The van der Waals surface area contributed by atoms with Crippen LogP contribution in [0.15, 0.2) is 24.3 Å². The van der Waals surface area contributed by atoms with Gasteiger partial charge in [0.15, 0.2) is 6.10 Å². The Bertz CT molecular complexity index is 654. The maximum absolute atomic E-state index is 12.5. The molecule has 0 spiro atoms. The topological polar surface area (TPSA) is 73.7 Å². The molecule has 3 atom stereocenters. The van der Waals surface area contributed by atoms with Crippen molar-refractivity contribution in [1.29, 1.82) is 0 Å². The van der Waals surface area contributed by atoms with E-state index in [-0.39, 0.29) is 0 Å². The summed E-state index contributed by atoms with van der Waals surface area (Å²) in [5.74, 6) is 0.199. The fraction of sp³-hybridized carbons (Fsp3) is 0.529. The molecule has 2 aromatic rings. The average Bonchev–Trinajstić information content (AvgIpc) is 2.88. The van der Waals surface area contributed by atoms with Crippen LogP contribution in [0.3, 0.4) is 0 Å². The van der Waals surface area contributed by atoms with Crippen LogP contribution < -0.4 is 0 Å². The van der Waals surface area contributed by atoms with Crippen molar-refractivity contribution in [3.63, 3.8) is 0 Å². The highest BCUT2D eigenvalue weighted by Gasteiger charge is 2.32. The molecule has 1 fully saturated rings. The van der Waals surface area contributed by atoms with Crippen molar-refractivity contribution in [2.45, 2.75) is 38.4 Å². The van der Waals surface area contributed by atoms with Crippen molar-refractivity contribution in [2.75, 3.05) is 13.1 Å². The highest BCUT2D eigenvalue weighted by Crippen LogP contribution is 2.29. The van der Waals surface area contributed by atoms with E-state index in [1.807, 2.05) is 24.3 Å². The molecule has 0 radical (unpaired) electrons. The third kappa shape index (κ3) is 3.54. The predicted molar refractivity (Wildman–Crippen MR) is 90.2 cm³/mol. The Hall–Kier alpha value is -1.50. The monoisotopic (exact) mass is 334 g/mol. The molecule has 124 valence electrons. The lowest BCUT2D eigenvalue weighted by Crippen LogP contribution is -2.42. The first-order chi connectivity index (χ1) is 11.1. The van der Waals surface area contributed by atoms with Crippen LogP contribution in [-0.4, -0.2) is 45.2 Å². The molecular formula is C17H22N2O3S. The summed E-state index contributed by atoms with van der Waals surface area (Å²) in [6.45, 7) is 3.47. The molecule has 0 saturated carbocycles. The molecule has 1 amide bonds. The number of likely N-dealkylation sites (tertiary alicyclic amines) is 1. The Morgan fingerprint density at radius 3 is 2.87 bits per heavy atom. The summed E-state index contributed by atoms with van der Waals surface area (Å²) >= 11 is 1.31. The van der Waals surface area contributed by atoms with E-state index in [9.17, 15) is 15.0 Å². The van der Waals surface area contributed by atoms with Gasteiger partial charge in [-0.2, -0.15) is 0 Å². The van der Waals surface area contributed by atoms with Gasteiger partial charge in [0.2, 0.25) is 0 Å². The summed E-state index contributed by atoms with van der Waals surface area (Å²) < 4.78 is 0.935. The third-order valence-electron chi connectivity index (χ3n) is 4.44. The van der Waals surface area contributed by atoms with E-state index in [2.05, 4.69) is 11.9 Å². The lowest BCUT2D eigenvalue weighted by Gasteiger charge is -2.25. The first-order valence-corrected chi connectivity index (χ1v) is 8.88. The van der Waals surface area contributed by atoms with Gasteiger partial charge in [-0.15, -0.1) is 11.3 Å². The molecule has 2 heterocycles. The molecule has 1 saturated heterocycles. The van der Waals surface area contributed by atoms with Crippen LogP contribution in [0.4, 0.5) is 0 Å². The molecule has 3 rings (SSSR count). The summed E-state index contributed by atoms with van der Waals surface area (Å²) in [5, 5.41) is 21.0. The molecule has 1 aliphatic rings. The van der Waals surface area contributed by atoms with Crippen molar-refractivity contribution in [1.82, 2.24) is 9.88 Å². The van der Waals surface area contributed by atoms with E-state index in [1.165, 1.54) is 11.3 Å². The Kier molecular flexibility index (Phi) is 4.94.